The molecular formula is C10H18O2. The van der Waals surface area contributed by atoms with Crippen LogP contribution in [0.1, 0.15) is 39.5 Å². The lowest BCUT2D eigenvalue weighted by molar-refractivity contribution is -0.298. The van der Waals surface area contributed by atoms with Gasteiger partial charge in [0, 0.05) is 0 Å². The van der Waals surface area contributed by atoms with E-state index in [-0.39, 0.29) is 0 Å². The van der Waals surface area contributed by atoms with E-state index in [2.05, 4.69) is 13.8 Å². The third kappa shape index (κ3) is 3.26. The summed E-state index contributed by atoms with van der Waals surface area (Å²) in [5.41, 5.74) is 0. The highest BCUT2D eigenvalue weighted by Gasteiger charge is 2.18. The van der Waals surface area contributed by atoms with Gasteiger partial charge in [0.1, 0.15) is 12.4 Å². The molecule has 0 aromatic heterocycles. The van der Waals surface area contributed by atoms with Crippen molar-refractivity contribution in [3.63, 3.8) is 0 Å². The molecule has 1 rings (SSSR count). The summed E-state index contributed by atoms with van der Waals surface area (Å²) >= 11 is 0. The topological polar surface area (TPSA) is 18.5 Å². The minimum absolute atomic E-state index is 0.353. The molecular weight excluding hydrogens is 152 g/mol. The molecule has 0 bridgehead atoms. The third-order valence-electron chi connectivity index (χ3n) is 2.35. The first-order valence-electron chi connectivity index (χ1n) is 4.81. The second-order valence-corrected chi connectivity index (χ2v) is 3.46. The van der Waals surface area contributed by atoms with Crippen molar-refractivity contribution in [3.8, 4) is 0 Å². The van der Waals surface area contributed by atoms with E-state index in [0.29, 0.717) is 12.0 Å². The average molecular weight is 170 g/mol. The van der Waals surface area contributed by atoms with Gasteiger partial charge in [0.15, 0.2) is 0 Å². The van der Waals surface area contributed by atoms with E-state index in [9.17, 15) is 0 Å². The van der Waals surface area contributed by atoms with Gasteiger partial charge in [-0.25, -0.2) is 0 Å². The van der Waals surface area contributed by atoms with Gasteiger partial charge in [0.05, 0.1) is 0 Å². The Hall–Kier alpha value is -0.500. The summed E-state index contributed by atoms with van der Waals surface area (Å²) in [4.78, 5) is 10.0. The van der Waals surface area contributed by atoms with E-state index in [1.807, 2.05) is 6.08 Å². The van der Waals surface area contributed by atoms with Crippen molar-refractivity contribution >= 4 is 0 Å². The van der Waals surface area contributed by atoms with Crippen LogP contribution < -0.4 is 0 Å². The van der Waals surface area contributed by atoms with E-state index >= 15 is 0 Å². The second kappa shape index (κ2) is 5.20. The molecule has 1 atom stereocenters. The zero-order valence-corrected chi connectivity index (χ0v) is 7.95. The summed E-state index contributed by atoms with van der Waals surface area (Å²) in [6, 6.07) is 0. The predicted molar refractivity (Wildman–Crippen MR) is 48.4 cm³/mol. The van der Waals surface area contributed by atoms with Crippen LogP contribution >= 0.6 is 0 Å². The van der Waals surface area contributed by atoms with Crippen molar-refractivity contribution in [2.75, 3.05) is 0 Å². The second-order valence-electron chi connectivity index (χ2n) is 3.46. The fourth-order valence-corrected chi connectivity index (χ4v) is 0.880. The molecule has 2 nitrogen and oxygen atoms in total. The number of rotatable bonds is 5. The summed E-state index contributed by atoms with van der Waals surface area (Å²) in [7, 11) is 0. The van der Waals surface area contributed by atoms with Crippen molar-refractivity contribution in [1.82, 2.24) is 0 Å². The fraction of sp³-hybridized carbons (Fsp3) is 0.800. The summed E-state index contributed by atoms with van der Waals surface area (Å²) < 4.78 is 0. The van der Waals surface area contributed by atoms with E-state index in [1.165, 1.54) is 6.42 Å². The summed E-state index contributed by atoms with van der Waals surface area (Å²) in [6.45, 7) is 4.31. The Morgan fingerprint density at radius 3 is 2.75 bits per heavy atom. The minimum atomic E-state index is 0.353. The van der Waals surface area contributed by atoms with Crippen LogP contribution in [0.3, 0.4) is 0 Å². The van der Waals surface area contributed by atoms with Gasteiger partial charge < -0.3 is 4.89 Å². The predicted octanol–water partition coefficient (Wildman–Crippen LogP) is 3.05. The van der Waals surface area contributed by atoms with Crippen molar-refractivity contribution in [3.05, 3.63) is 12.3 Å². The lowest BCUT2D eigenvalue weighted by Gasteiger charge is -2.22. The first kappa shape index (κ1) is 9.59. The van der Waals surface area contributed by atoms with Crippen molar-refractivity contribution < 1.29 is 9.78 Å². The van der Waals surface area contributed by atoms with Crippen LogP contribution in [0.5, 0.6) is 0 Å². The van der Waals surface area contributed by atoms with Crippen LogP contribution in [0, 0.1) is 5.92 Å². The molecule has 0 saturated heterocycles. The van der Waals surface area contributed by atoms with Crippen molar-refractivity contribution in [2.24, 2.45) is 5.92 Å². The van der Waals surface area contributed by atoms with Gasteiger partial charge in [-0.3, -0.25) is 0 Å². The lowest BCUT2D eigenvalue weighted by Crippen LogP contribution is -2.20. The monoisotopic (exact) mass is 170 g/mol. The fourth-order valence-electron chi connectivity index (χ4n) is 0.880. The molecule has 1 saturated carbocycles. The maximum absolute atomic E-state index is 5.09. The molecule has 70 valence electrons. The molecule has 0 aromatic carbocycles. The maximum atomic E-state index is 5.09. The maximum Gasteiger partial charge on any atom is 0.125 e. The molecule has 0 N–H and O–H groups in total. The number of hydrogen-bond acceptors (Lipinski definition) is 2. The molecule has 0 radical (unpaired) electrons. The van der Waals surface area contributed by atoms with Gasteiger partial charge in [0.25, 0.3) is 0 Å². The number of hydrogen-bond donors (Lipinski definition) is 0. The van der Waals surface area contributed by atoms with Crippen LogP contribution in [-0.4, -0.2) is 6.10 Å². The van der Waals surface area contributed by atoms with E-state index in [1.54, 1.807) is 6.26 Å². The van der Waals surface area contributed by atoms with E-state index in [0.717, 1.165) is 19.3 Å². The molecule has 1 unspecified atom stereocenters. The highest BCUT2D eigenvalue weighted by molar-refractivity contribution is 4.78. The highest BCUT2D eigenvalue weighted by atomic mass is 17.2. The Balaban J connectivity index is 1.96. The average Bonchev–Trinajstić information content (AvgIpc) is 2.00. The Kier molecular flexibility index (Phi) is 4.15. The molecule has 0 aromatic rings. The highest BCUT2D eigenvalue weighted by Crippen LogP contribution is 2.21. The van der Waals surface area contributed by atoms with Crippen LogP contribution in [0.15, 0.2) is 12.3 Å². The van der Waals surface area contributed by atoms with Gasteiger partial charge in [-0.15, -0.1) is 0 Å². The van der Waals surface area contributed by atoms with E-state index in [4.69, 9.17) is 9.78 Å². The summed E-state index contributed by atoms with van der Waals surface area (Å²) in [5, 5.41) is 0. The van der Waals surface area contributed by atoms with Crippen molar-refractivity contribution in [1.29, 1.82) is 0 Å². The largest absolute Gasteiger partial charge is 0.346 e. The zero-order valence-electron chi connectivity index (χ0n) is 7.95. The summed E-state index contributed by atoms with van der Waals surface area (Å²) in [5.74, 6) is 0.579. The first-order chi connectivity index (χ1) is 5.83. The molecule has 0 heterocycles. The molecule has 0 amide bonds. The van der Waals surface area contributed by atoms with Crippen LogP contribution in [0.4, 0.5) is 0 Å². The Labute approximate surface area is 74.5 Å². The SMILES string of the molecule is CCC(C)C=COOC1CCC1. The van der Waals surface area contributed by atoms with Crippen LogP contribution in [-0.2, 0) is 9.78 Å². The van der Waals surface area contributed by atoms with Gasteiger partial charge in [-0.2, -0.15) is 4.89 Å². The normalized spacial score (nSPS) is 20.8. The first-order valence-corrected chi connectivity index (χ1v) is 4.81. The molecule has 2 heteroatoms. The van der Waals surface area contributed by atoms with Gasteiger partial charge in [-0.05, 0) is 37.7 Å². The van der Waals surface area contributed by atoms with Gasteiger partial charge >= 0.3 is 0 Å². The Morgan fingerprint density at radius 2 is 2.25 bits per heavy atom. The minimum Gasteiger partial charge on any atom is -0.346 e. The van der Waals surface area contributed by atoms with Crippen molar-refractivity contribution in [2.45, 2.75) is 45.6 Å². The van der Waals surface area contributed by atoms with E-state index < -0.39 is 0 Å². The molecule has 0 aliphatic heterocycles. The Morgan fingerprint density at radius 1 is 1.50 bits per heavy atom. The molecule has 1 fully saturated rings. The van der Waals surface area contributed by atoms with Crippen LogP contribution in [0.2, 0.25) is 0 Å². The zero-order chi connectivity index (χ0) is 8.81. The third-order valence-corrected chi connectivity index (χ3v) is 2.35. The van der Waals surface area contributed by atoms with Crippen LogP contribution in [0.25, 0.3) is 0 Å². The molecule has 1 aliphatic carbocycles. The molecule has 12 heavy (non-hydrogen) atoms. The molecule has 1 aliphatic rings. The quantitative estimate of drug-likeness (QED) is 0.358. The Bertz CT molecular complexity index is 139. The standard InChI is InChI=1S/C10H18O2/c1-3-9(2)7-8-11-12-10-5-4-6-10/h7-10H,3-6H2,1-2H3. The molecule has 0 spiro atoms. The number of allylic oxidation sites excluding steroid dienone is 1. The summed E-state index contributed by atoms with van der Waals surface area (Å²) in [6.07, 6.45) is 8.76. The smallest absolute Gasteiger partial charge is 0.125 e. The van der Waals surface area contributed by atoms with Gasteiger partial charge in [-0.1, -0.05) is 13.8 Å². The lowest BCUT2D eigenvalue weighted by atomic mass is 9.97. The van der Waals surface area contributed by atoms with Gasteiger partial charge in [0.2, 0.25) is 0 Å².